The van der Waals surface area contributed by atoms with Crippen LogP contribution < -0.4 is 10.2 Å². The van der Waals surface area contributed by atoms with Crippen molar-refractivity contribution >= 4 is 17.8 Å². The van der Waals surface area contributed by atoms with Gasteiger partial charge in [0.1, 0.15) is 0 Å². The molecule has 214 valence electrons. The molecule has 1 aromatic carbocycles. The van der Waals surface area contributed by atoms with Crippen molar-refractivity contribution in [2.24, 2.45) is 16.8 Å². The highest BCUT2D eigenvalue weighted by Crippen LogP contribution is 2.35. The van der Waals surface area contributed by atoms with Gasteiger partial charge < -0.3 is 20.0 Å². The lowest BCUT2D eigenvalue weighted by Crippen LogP contribution is -2.51. The Balaban J connectivity index is 1.05. The van der Waals surface area contributed by atoms with Gasteiger partial charge in [0, 0.05) is 76.2 Å². The van der Waals surface area contributed by atoms with Crippen LogP contribution >= 0.6 is 0 Å². The Hall–Kier alpha value is -2.39. The molecular weight excluding hydrogens is 503 g/mol. The van der Waals surface area contributed by atoms with Crippen LogP contribution in [0.15, 0.2) is 40.9 Å². The van der Waals surface area contributed by atoms with Crippen LogP contribution in [-0.4, -0.2) is 92.5 Å². The van der Waals surface area contributed by atoms with Crippen LogP contribution in [-0.2, 0) is 10.2 Å². The van der Waals surface area contributed by atoms with Gasteiger partial charge in [0.05, 0.1) is 12.1 Å². The number of aliphatic imine (C=N–C) groups is 1. The standard InChI is InChI=1S/C30H42F3N5O/c1-29(2,3)23-6-8-27(9-7-23)38-18-21-16-36(17-22(21)19-38)12-10-28(39)37-11-4-5-25(20-37)35-26-13-24(14-34-15-26)30(31,32)33/h6-9,13-14,21-22,25-26,35H,4-5,10-12,15-20H2,1-3H3/t21?,22?,25-,26?/m0/s1. The van der Waals surface area contributed by atoms with Crippen LogP contribution in [0.5, 0.6) is 0 Å². The molecule has 4 atom stereocenters. The van der Waals surface area contributed by atoms with Crippen molar-refractivity contribution in [3.05, 3.63) is 41.5 Å². The molecule has 39 heavy (non-hydrogen) atoms. The highest BCUT2D eigenvalue weighted by molar-refractivity contribution is 5.81. The second-order valence-electron chi connectivity index (χ2n) is 12.8. The van der Waals surface area contributed by atoms with E-state index in [1.807, 2.05) is 4.90 Å². The first-order valence-electron chi connectivity index (χ1n) is 14.4. The summed E-state index contributed by atoms with van der Waals surface area (Å²) in [6, 6.07) is 8.55. The van der Waals surface area contributed by atoms with Crippen molar-refractivity contribution in [3.63, 3.8) is 0 Å². The molecule has 3 saturated heterocycles. The first-order chi connectivity index (χ1) is 18.5. The van der Waals surface area contributed by atoms with Crippen LogP contribution in [0.2, 0.25) is 0 Å². The van der Waals surface area contributed by atoms with Crippen molar-refractivity contribution in [3.8, 4) is 0 Å². The largest absolute Gasteiger partial charge is 0.417 e. The molecule has 3 unspecified atom stereocenters. The molecule has 4 aliphatic rings. The van der Waals surface area contributed by atoms with Gasteiger partial charge in [-0.15, -0.1) is 0 Å². The number of hydrogen-bond donors (Lipinski definition) is 1. The average Bonchev–Trinajstić information content (AvgIpc) is 3.46. The fourth-order valence-corrected chi connectivity index (χ4v) is 6.56. The molecule has 0 spiro atoms. The number of amides is 1. The van der Waals surface area contributed by atoms with Crippen molar-refractivity contribution in [1.82, 2.24) is 15.1 Å². The minimum atomic E-state index is -4.39. The molecule has 6 nitrogen and oxygen atoms in total. The number of fused-ring (bicyclic) bond motifs is 1. The molecule has 9 heteroatoms. The number of carbonyl (C=O) groups excluding carboxylic acids is 1. The first kappa shape index (κ1) is 28.1. The van der Waals surface area contributed by atoms with Crippen molar-refractivity contribution in [2.75, 3.05) is 57.3 Å². The topological polar surface area (TPSA) is 51.2 Å². The predicted octanol–water partition coefficient (Wildman–Crippen LogP) is 4.26. The number of carbonyl (C=O) groups is 1. The summed E-state index contributed by atoms with van der Waals surface area (Å²) < 4.78 is 39.1. The number of hydrogen-bond acceptors (Lipinski definition) is 5. The van der Waals surface area contributed by atoms with E-state index in [1.54, 1.807) is 0 Å². The summed E-state index contributed by atoms with van der Waals surface area (Å²) in [6.07, 6.45) is -0.0541. The van der Waals surface area contributed by atoms with Crippen LogP contribution in [0.1, 0.15) is 45.6 Å². The van der Waals surface area contributed by atoms with Crippen molar-refractivity contribution in [2.45, 2.75) is 63.7 Å². The molecule has 1 amide bonds. The molecule has 3 fully saturated rings. The summed E-state index contributed by atoms with van der Waals surface area (Å²) in [5.41, 5.74) is 2.11. The van der Waals surface area contributed by atoms with Gasteiger partial charge >= 0.3 is 6.18 Å². The number of halogens is 3. The third-order valence-corrected chi connectivity index (χ3v) is 8.77. The average molecular weight is 546 g/mol. The lowest BCUT2D eigenvalue weighted by Gasteiger charge is -2.35. The maximum atomic E-state index is 13.0. The minimum absolute atomic E-state index is 0.0127. The number of piperidine rings is 1. The van der Waals surface area contributed by atoms with Gasteiger partial charge in [-0.05, 0) is 47.8 Å². The maximum Gasteiger partial charge on any atom is 0.417 e. The number of anilines is 1. The summed E-state index contributed by atoms with van der Waals surface area (Å²) in [4.78, 5) is 23.8. The Labute approximate surface area is 230 Å². The molecule has 0 saturated carbocycles. The summed E-state index contributed by atoms with van der Waals surface area (Å²) in [7, 11) is 0. The Kier molecular flexibility index (Phi) is 8.11. The number of likely N-dealkylation sites (tertiary alicyclic amines) is 2. The Bertz CT molecular complexity index is 1060. The number of allylic oxidation sites excluding steroid dienone is 1. The zero-order valence-corrected chi connectivity index (χ0v) is 23.4. The number of alkyl halides is 3. The van der Waals surface area contributed by atoms with Crippen molar-refractivity contribution in [1.29, 1.82) is 0 Å². The van der Waals surface area contributed by atoms with E-state index in [4.69, 9.17) is 0 Å². The third kappa shape index (κ3) is 6.85. The van der Waals surface area contributed by atoms with E-state index in [0.29, 0.717) is 31.3 Å². The normalized spacial score (nSPS) is 28.1. The predicted molar refractivity (Wildman–Crippen MR) is 149 cm³/mol. The van der Waals surface area contributed by atoms with Crippen molar-refractivity contribution < 1.29 is 18.0 Å². The second-order valence-corrected chi connectivity index (χ2v) is 12.8. The van der Waals surface area contributed by atoms with E-state index in [9.17, 15) is 18.0 Å². The highest BCUT2D eigenvalue weighted by Gasteiger charge is 2.40. The van der Waals surface area contributed by atoms with Gasteiger partial charge in [0.2, 0.25) is 5.91 Å². The molecule has 0 aliphatic carbocycles. The van der Waals surface area contributed by atoms with Gasteiger partial charge in [-0.2, -0.15) is 13.2 Å². The van der Waals surface area contributed by atoms with E-state index >= 15 is 0 Å². The monoisotopic (exact) mass is 545 g/mol. The Morgan fingerprint density at radius 3 is 2.36 bits per heavy atom. The fraction of sp³-hybridized carbons (Fsp3) is 0.667. The van der Waals surface area contributed by atoms with Gasteiger partial charge in [-0.1, -0.05) is 39.0 Å². The molecule has 4 heterocycles. The van der Waals surface area contributed by atoms with Crippen LogP contribution in [0.3, 0.4) is 0 Å². The molecule has 5 rings (SSSR count). The molecule has 1 N–H and O–H groups in total. The van der Waals surface area contributed by atoms with Crippen LogP contribution in [0, 0.1) is 11.8 Å². The molecule has 0 aromatic heterocycles. The molecule has 4 aliphatic heterocycles. The van der Waals surface area contributed by atoms with E-state index in [0.717, 1.165) is 58.3 Å². The second kappa shape index (κ2) is 11.2. The number of nitrogens with one attached hydrogen (secondary N) is 1. The minimum Gasteiger partial charge on any atom is -0.371 e. The molecule has 0 bridgehead atoms. The van der Waals surface area contributed by atoms with Gasteiger partial charge in [0.15, 0.2) is 0 Å². The van der Waals surface area contributed by atoms with Gasteiger partial charge in [-0.3, -0.25) is 9.79 Å². The van der Waals surface area contributed by atoms with E-state index in [-0.39, 0.29) is 17.4 Å². The van der Waals surface area contributed by atoms with E-state index in [1.165, 1.54) is 17.3 Å². The van der Waals surface area contributed by atoms with E-state index < -0.39 is 17.8 Å². The van der Waals surface area contributed by atoms with Gasteiger partial charge in [-0.25, -0.2) is 0 Å². The van der Waals surface area contributed by atoms with Crippen LogP contribution in [0.25, 0.3) is 0 Å². The third-order valence-electron chi connectivity index (χ3n) is 8.77. The smallest absolute Gasteiger partial charge is 0.371 e. The first-order valence-corrected chi connectivity index (χ1v) is 14.4. The zero-order valence-electron chi connectivity index (χ0n) is 23.4. The number of nitrogens with zero attached hydrogens (tertiary/aromatic N) is 4. The van der Waals surface area contributed by atoms with E-state index in [2.05, 4.69) is 65.1 Å². The number of dihydropyridines is 1. The maximum absolute atomic E-state index is 13.0. The number of benzene rings is 1. The van der Waals surface area contributed by atoms with Gasteiger partial charge in [0.25, 0.3) is 0 Å². The molecule has 0 radical (unpaired) electrons. The fourth-order valence-electron chi connectivity index (χ4n) is 6.56. The summed E-state index contributed by atoms with van der Waals surface area (Å²) in [6.45, 7) is 13.3. The lowest BCUT2D eigenvalue weighted by atomic mass is 9.87. The summed E-state index contributed by atoms with van der Waals surface area (Å²) >= 11 is 0. The zero-order chi connectivity index (χ0) is 27.8. The number of rotatable bonds is 6. The lowest BCUT2D eigenvalue weighted by molar-refractivity contribution is -0.132. The van der Waals surface area contributed by atoms with Crippen LogP contribution in [0.4, 0.5) is 18.9 Å². The highest BCUT2D eigenvalue weighted by atomic mass is 19.4. The SMILES string of the molecule is CC(C)(C)c1ccc(N2CC3CN(CCC(=O)N4CCC[C@H](NC5C=C(C(F)(F)F)C=NC5)C4)CC3C2)cc1. The Morgan fingerprint density at radius 2 is 1.72 bits per heavy atom. The Morgan fingerprint density at radius 1 is 1.03 bits per heavy atom. The molecular formula is C30H42F3N5O. The summed E-state index contributed by atoms with van der Waals surface area (Å²) in [5.74, 6) is 1.42. The quantitative estimate of drug-likeness (QED) is 0.581. The summed E-state index contributed by atoms with van der Waals surface area (Å²) in [5, 5.41) is 3.30. The molecule has 1 aromatic rings.